The van der Waals surface area contributed by atoms with Crippen molar-refractivity contribution < 1.29 is 28.6 Å². The van der Waals surface area contributed by atoms with E-state index >= 15 is 0 Å². The number of benzene rings is 4. The van der Waals surface area contributed by atoms with Crippen LogP contribution >= 0.6 is 23.3 Å². The third-order valence-electron chi connectivity index (χ3n) is 6.54. The van der Waals surface area contributed by atoms with Gasteiger partial charge in [-0.25, -0.2) is 4.79 Å². The van der Waals surface area contributed by atoms with Gasteiger partial charge in [0, 0.05) is 26.2 Å². The molecule has 0 aliphatic rings. The zero-order valence-corrected chi connectivity index (χ0v) is 24.0. The van der Waals surface area contributed by atoms with Crippen molar-refractivity contribution in [2.75, 3.05) is 5.75 Å². The first kappa shape index (κ1) is 27.3. The fraction of sp³-hybridized carbons (Fsp3) is 0.138. The number of carbonyl (C=O) groups is 2. The van der Waals surface area contributed by atoms with Gasteiger partial charge in [0.1, 0.15) is 0 Å². The van der Waals surface area contributed by atoms with E-state index < -0.39 is 17.5 Å². The monoisotopic (exact) mass is 599 g/mol. The second-order valence-corrected chi connectivity index (χ2v) is 11.9. The van der Waals surface area contributed by atoms with Crippen LogP contribution < -0.4 is 8.81 Å². The Kier molecular flexibility index (Phi) is 7.04. The highest BCUT2D eigenvalue weighted by Gasteiger charge is 2.33. The molecule has 0 amide bonds. The van der Waals surface area contributed by atoms with E-state index in [-0.39, 0.29) is 11.8 Å². The molecule has 0 aliphatic carbocycles. The zero-order valence-electron chi connectivity index (χ0n) is 22.3. The quantitative estimate of drug-likeness (QED) is 0.176. The molecular formula is C29H23N6O5S2+. The van der Waals surface area contributed by atoms with Gasteiger partial charge in [-0.3, -0.25) is 4.79 Å². The standard InChI is InChI=1S/C29H22N6O5S2/c1-29(2,27(38)39)40-28-30-32-33-34(28)22-14-15-23(20-12-6-5-11-19(20)22)35-31-25(26(42-35)41-16-24(36)37)21-13-7-9-17-8-3-4-10-18(17)21/h3-15H,16H2,1-2H3,(H-,36,37,38,39)/p+1. The summed E-state index contributed by atoms with van der Waals surface area (Å²) in [6, 6.07) is 25.2. The highest BCUT2D eigenvalue weighted by atomic mass is 32.2. The maximum absolute atomic E-state index is 11.7. The van der Waals surface area contributed by atoms with Gasteiger partial charge >= 0.3 is 17.9 Å². The number of hydrogen-bond acceptors (Lipinski definition) is 9. The summed E-state index contributed by atoms with van der Waals surface area (Å²) in [7, 11) is 0. The van der Waals surface area contributed by atoms with Gasteiger partial charge in [0.15, 0.2) is 21.4 Å². The van der Waals surface area contributed by atoms with E-state index in [1.54, 1.807) is 4.07 Å². The smallest absolute Gasteiger partial charge is 0.347 e. The van der Waals surface area contributed by atoms with Crippen LogP contribution in [0.3, 0.4) is 0 Å². The number of aliphatic carboxylic acids is 2. The lowest BCUT2D eigenvalue weighted by molar-refractivity contribution is -0.585. The van der Waals surface area contributed by atoms with Crippen LogP contribution in [0.1, 0.15) is 13.8 Å². The largest absolute Gasteiger partial charge is 0.481 e. The molecule has 4 aromatic carbocycles. The Labute approximate surface area is 247 Å². The predicted molar refractivity (Wildman–Crippen MR) is 158 cm³/mol. The van der Waals surface area contributed by atoms with Crippen LogP contribution in [0.2, 0.25) is 0 Å². The van der Waals surface area contributed by atoms with Crippen LogP contribution in [0.15, 0.2) is 83.1 Å². The van der Waals surface area contributed by atoms with E-state index in [2.05, 4.69) is 15.5 Å². The van der Waals surface area contributed by atoms with Gasteiger partial charge in [0.25, 0.3) is 5.69 Å². The molecule has 6 aromatic rings. The van der Waals surface area contributed by atoms with Crippen molar-refractivity contribution in [2.24, 2.45) is 0 Å². The lowest BCUT2D eigenvalue weighted by Gasteiger charge is -2.20. The Morgan fingerprint density at radius 2 is 1.67 bits per heavy atom. The van der Waals surface area contributed by atoms with E-state index in [0.717, 1.165) is 37.0 Å². The van der Waals surface area contributed by atoms with Crippen LogP contribution in [0.25, 0.3) is 44.2 Å². The highest BCUT2D eigenvalue weighted by Crippen LogP contribution is 2.37. The van der Waals surface area contributed by atoms with Crippen molar-refractivity contribution in [3.8, 4) is 28.6 Å². The normalized spacial score (nSPS) is 11.7. The number of fused-ring (bicyclic) bond motifs is 2. The molecule has 11 nitrogen and oxygen atoms in total. The van der Waals surface area contributed by atoms with Crippen molar-refractivity contribution in [2.45, 2.75) is 23.7 Å². The van der Waals surface area contributed by atoms with Gasteiger partial charge in [-0.05, 0) is 47.2 Å². The average Bonchev–Trinajstić information content (AvgIpc) is 3.62. The summed E-state index contributed by atoms with van der Waals surface area (Å²) in [6.07, 6.45) is 0. The third-order valence-corrected chi connectivity index (χ3v) is 8.77. The summed E-state index contributed by atoms with van der Waals surface area (Å²) in [5, 5.41) is 39.3. The summed E-state index contributed by atoms with van der Waals surface area (Å²) in [5.74, 6) is -2.17. The average molecular weight is 600 g/mol. The van der Waals surface area contributed by atoms with Crippen LogP contribution in [0.4, 0.5) is 0 Å². The molecular weight excluding hydrogens is 576 g/mol. The number of nitrogens with zero attached hydrogens (tertiary/aromatic N) is 6. The van der Waals surface area contributed by atoms with E-state index in [1.807, 2.05) is 78.9 Å². The Hall–Kier alpha value is -4.88. The predicted octanol–water partition coefficient (Wildman–Crippen LogP) is 4.79. The van der Waals surface area contributed by atoms with Crippen molar-refractivity contribution in [1.29, 1.82) is 0 Å². The molecule has 0 spiro atoms. The molecule has 13 heteroatoms. The molecule has 210 valence electrons. The molecule has 2 N–H and O–H groups in total. The van der Waals surface area contributed by atoms with Gasteiger partial charge in [-0.15, -0.1) is 0 Å². The van der Waals surface area contributed by atoms with Crippen LogP contribution in [-0.2, 0) is 9.59 Å². The fourth-order valence-electron chi connectivity index (χ4n) is 4.48. The minimum atomic E-state index is -1.55. The molecule has 0 fully saturated rings. The molecule has 2 aromatic heterocycles. The topological polar surface area (TPSA) is 144 Å². The molecule has 2 heterocycles. The number of ether oxygens (including phenoxy) is 1. The second kappa shape index (κ2) is 10.8. The van der Waals surface area contributed by atoms with Crippen molar-refractivity contribution in [3.05, 3.63) is 78.9 Å². The van der Waals surface area contributed by atoms with Crippen molar-refractivity contribution in [3.63, 3.8) is 0 Å². The van der Waals surface area contributed by atoms with Gasteiger partial charge in [-0.1, -0.05) is 77.5 Å². The van der Waals surface area contributed by atoms with Crippen LogP contribution in [0.5, 0.6) is 6.01 Å². The SMILES string of the molecule is CC(C)(Oc1nnnn1-c1ccc(-[n+]2nc(-c3cccc4ccccc34)c(SCC(=O)O)s2)c2ccccc12)C(=O)O. The van der Waals surface area contributed by atoms with Crippen LogP contribution in [-0.4, -0.2) is 58.8 Å². The highest BCUT2D eigenvalue weighted by molar-refractivity contribution is 8.01. The Balaban J connectivity index is 1.50. The number of carboxylic acids is 2. The minimum Gasteiger partial charge on any atom is -0.481 e. The van der Waals surface area contributed by atoms with E-state index in [1.165, 1.54) is 41.8 Å². The number of tetrazole rings is 1. The Morgan fingerprint density at radius 3 is 2.43 bits per heavy atom. The summed E-state index contributed by atoms with van der Waals surface area (Å²) in [6.45, 7) is 2.84. The first-order chi connectivity index (χ1) is 20.2. The number of hydrogen-bond donors (Lipinski definition) is 2. The molecule has 0 bridgehead atoms. The molecule has 0 saturated heterocycles. The fourth-order valence-corrected chi connectivity index (χ4v) is 6.39. The van der Waals surface area contributed by atoms with Crippen molar-refractivity contribution in [1.82, 2.24) is 25.3 Å². The Morgan fingerprint density at radius 1 is 0.952 bits per heavy atom. The molecule has 42 heavy (non-hydrogen) atoms. The van der Waals surface area contributed by atoms with E-state index in [0.29, 0.717) is 11.4 Å². The van der Waals surface area contributed by atoms with Gasteiger partial charge in [0.2, 0.25) is 5.60 Å². The third kappa shape index (κ3) is 5.03. The summed E-state index contributed by atoms with van der Waals surface area (Å²) in [4.78, 5) is 23.1. The number of rotatable bonds is 9. The molecule has 6 rings (SSSR count). The Bertz CT molecular complexity index is 1980. The maximum atomic E-state index is 11.7. The molecule has 0 unspecified atom stereocenters. The summed E-state index contributed by atoms with van der Waals surface area (Å²) in [5.41, 5.74) is 1.41. The number of thioether (sulfide) groups is 1. The minimum absolute atomic E-state index is 0.0622. The van der Waals surface area contributed by atoms with E-state index in [9.17, 15) is 19.8 Å². The zero-order chi connectivity index (χ0) is 29.4. The lowest BCUT2D eigenvalue weighted by atomic mass is 10.0. The number of carboxylic acid groups (broad SMARTS) is 2. The molecule has 0 radical (unpaired) electrons. The molecule has 0 atom stereocenters. The lowest BCUT2D eigenvalue weighted by Crippen LogP contribution is -2.38. The van der Waals surface area contributed by atoms with Crippen LogP contribution in [0, 0.1) is 0 Å². The first-order valence-corrected chi connectivity index (χ1v) is 14.5. The van der Waals surface area contributed by atoms with Crippen molar-refractivity contribution >= 4 is 56.8 Å². The van der Waals surface area contributed by atoms with Gasteiger partial charge in [0.05, 0.1) is 16.8 Å². The maximum Gasteiger partial charge on any atom is 0.347 e. The number of aromatic nitrogens is 6. The van der Waals surface area contributed by atoms with Gasteiger partial charge in [-0.2, -0.15) is 4.68 Å². The van der Waals surface area contributed by atoms with Gasteiger partial charge < -0.3 is 14.9 Å². The molecule has 0 aliphatic heterocycles. The van der Waals surface area contributed by atoms with E-state index in [4.69, 9.17) is 9.84 Å². The summed E-state index contributed by atoms with van der Waals surface area (Å²) < 4.78 is 9.59. The molecule has 0 saturated carbocycles. The second-order valence-electron chi connectivity index (χ2n) is 9.75. The summed E-state index contributed by atoms with van der Waals surface area (Å²) >= 11 is 2.59. The first-order valence-electron chi connectivity index (χ1n) is 12.7.